The van der Waals surface area contributed by atoms with E-state index < -0.39 is 5.97 Å². The quantitative estimate of drug-likeness (QED) is 0.668. The molecule has 1 saturated heterocycles. The number of amides is 1. The second-order valence-corrected chi connectivity index (χ2v) is 4.00. The van der Waals surface area contributed by atoms with Gasteiger partial charge in [0.05, 0.1) is 0 Å². The summed E-state index contributed by atoms with van der Waals surface area (Å²) in [5.41, 5.74) is 2.98. The van der Waals surface area contributed by atoms with Gasteiger partial charge >= 0.3 is 5.97 Å². The minimum absolute atomic E-state index is 0.0932. The first-order valence-corrected chi connectivity index (χ1v) is 4.95. The molecule has 0 spiro atoms. The molecule has 1 unspecified atom stereocenters. The minimum Gasteiger partial charge on any atom is -0.480 e. The molecule has 5 heteroatoms. The normalized spacial score (nSPS) is 27.9. The predicted molar refractivity (Wildman–Crippen MR) is 48.2 cm³/mol. The lowest BCUT2D eigenvalue weighted by Gasteiger charge is -2.31. The summed E-state index contributed by atoms with van der Waals surface area (Å²) in [5, 5.41) is 9.78. The van der Waals surface area contributed by atoms with E-state index in [4.69, 9.17) is 5.11 Å². The number of carboxylic acids is 1. The second-order valence-electron chi connectivity index (χ2n) is 4.00. The van der Waals surface area contributed by atoms with Gasteiger partial charge in [0.1, 0.15) is 6.54 Å². The standard InChI is InChI=1S/C9H14N2O3/c12-8-4-7(6-2-1-3-6)10-11(8)5-9(13)14/h6-7,10H,1-5H2,(H,13,14). The maximum Gasteiger partial charge on any atom is 0.324 e. The van der Waals surface area contributed by atoms with Crippen molar-refractivity contribution in [2.24, 2.45) is 5.92 Å². The molecule has 0 radical (unpaired) electrons. The number of hydrogen-bond acceptors (Lipinski definition) is 3. The number of carbonyl (C=O) groups excluding carboxylic acids is 1. The summed E-state index contributed by atoms with van der Waals surface area (Å²) in [7, 11) is 0. The Morgan fingerprint density at radius 2 is 2.29 bits per heavy atom. The van der Waals surface area contributed by atoms with E-state index in [1.807, 2.05) is 0 Å². The highest BCUT2D eigenvalue weighted by Crippen LogP contribution is 2.32. The van der Waals surface area contributed by atoms with Crippen molar-refractivity contribution in [3.63, 3.8) is 0 Å². The first kappa shape index (κ1) is 9.45. The molecule has 1 aliphatic heterocycles. The van der Waals surface area contributed by atoms with Crippen molar-refractivity contribution in [1.82, 2.24) is 10.4 Å². The second kappa shape index (κ2) is 3.57. The van der Waals surface area contributed by atoms with Crippen LogP contribution in [0.2, 0.25) is 0 Å². The predicted octanol–water partition coefficient (Wildman–Crippen LogP) is -0.0234. The third-order valence-electron chi connectivity index (χ3n) is 3.03. The Hall–Kier alpha value is -1.10. The molecule has 2 aliphatic rings. The summed E-state index contributed by atoms with van der Waals surface area (Å²) in [4.78, 5) is 21.8. The molecular weight excluding hydrogens is 184 g/mol. The first-order valence-electron chi connectivity index (χ1n) is 4.95. The molecule has 5 nitrogen and oxygen atoms in total. The number of nitrogens with zero attached hydrogens (tertiary/aromatic N) is 1. The minimum atomic E-state index is -0.972. The fourth-order valence-corrected chi connectivity index (χ4v) is 2.00. The third-order valence-corrected chi connectivity index (χ3v) is 3.03. The molecule has 2 N–H and O–H groups in total. The molecular formula is C9H14N2O3. The Morgan fingerprint density at radius 1 is 1.57 bits per heavy atom. The number of carbonyl (C=O) groups is 2. The van der Waals surface area contributed by atoms with Crippen molar-refractivity contribution >= 4 is 11.9 Å². The summed E-state index contributed by atoms with van der Waals surface area (Å²) >= 11 is 0. The number of hydrogen-bond donors (Lipinski definition) is 2. The van der Waals surface area contributed by atoms with Crippen LogP contribution in [-0.2, 0) is 9.59 Å². The molecule has 78 valence electrons. The Morgan fingerprint density at radius 3 is 2.79 bits per heavy atom. The van der Waals surface area contributed by atoms with E-state index in [-0.39, 0.29) is 18.5 Å². The summed E-state index contributed by atoms with van der Waals surface area (Å²) in [6, 6.07) is 0.176. The topological polar surface area (TPSA) is 69.6 Å². The number of aliphatic carboxylic acids is 1. The maximum atomic E-state index is 11.4. The van der Waals surface area contributed by atoms with Crippen LogP contribution in [0.4, 0.5) is 0 Å². The van der Waals surface area contributed by atoms with Gasteiger partial charge in [-0.25, -0.2) is 5.43 Å². The lowest BCUT2D eigenvalue weighted by molar-refractivity contribution is -0.144. The molecule has 1 amide bonds. The van der Waals surface area contributed by atoms with E-state index in [1.54, 1.807) is 0 Å². The van der Waals surface area contributed by atoms with Crippen molar-refractivity contribution < 1.29 is 14.7 Å². The van der Waals surface area contributed by atoms with Gasteiger partial charge in [-0.15, -0.1) is 0 Å². The van der Waals surface area contributed by atoms with Crippen LogP contribution in [0.3, 0.4) is 0 Å². The number of rotatable bonds is 3. The maximum absolute atomic E-state index is 11.4. The van der Waals surface area contributed by atoms with Crippen molar-refractivity contribution in [3.05, 3.63) is 0 Å². The molecule has 1 atom stereocenters. The molecule has 1 aliphatic carbocycles. The zero-order valence-corrected chi connectivity index (χ0v) is 7.90. The zero-order valence-electron chi connectivity index (χ0n) is 7.90. The summed E-state index contributed by atoms with van der Waals surface area (Å²) in [5.74, 6) is -0.498. The van der Waals surface area contributed by atoms with Gasteiger partial charge in [0, 0.05) is 12.5 Å². The van der Waals surface area contributed by atoms with E-state index in [2.05, 4.69) is 5.43 Å². The number of nitrogens with one attached hydrogen (secondary N) is 1. The molecule has 1 saturated carbocycles. The zero-order chi connectivity index (χ0) is 10.1. The molecule has 2 rings (SSSR count). The van der Waals surface area contributed by atoms with Crippen molar-refractivity contribution in [2.75, 3.05) is 6.54 Å². The fourth-order valence-electron chi connectivity index (χ4n) is 2.00. The average Bonchev–Trinajstić information content (AvgIpc) is 2.27. The molecule has 2 fully saturated rings. The van der Waals surface area contributed by atoms with Gasteiger partial charge in [0.25, 0.3) is 0 Å². The highest BCUT2D eigenvalue weighted by molar-refractivity contribution is 5.82. The summed E-state index contributed by atoms with van der Waals surface area (Å²) in [6.07, 6.45) is 4.01. The van der Waals surface area contributed by atoms with Crippen LogP contribution in [-0.4, -0.2) is 34.6 Å². The summed E-state index contributed by atoms with van der Waals surface area (Å²) < 4.78 is 0. The van der Waals surface area contributed by atoms with Gasteiger partial charge in [-0.3, -0.25) is 14.6 Å². The summed E-state index contributed by atoms with van der Waals surface area (Å²) in [6.45, 7) is -0.234. The third kappa shape index (κ3) is 1.72. The average molecular weight is 198 g/mol. The molecule has 0 aromatic rings. The Labute approximate surface area is 82.0 Å². The van der Waals surface area contributed by atoms with Crippen molar-refractivity contribution in [3.8, 4) is 0 Å². The fraction of sp³-hybridized carbons (Fsp3) is 0.778. The van der Waals surface area contributed by atoms with E-state index in [1.165, 1.54) is 11.4 Å². The van der Waals surface area contributed by atoms with Gasteiger partial charge < -0.3 is 5.11 Å². The van der Waals surface area contributed by atoms with Crippen LogP contribution >= 0.6 is 0 Å². The van der Waals surface area contributed by atoms with E-state index >= 15 is 0 Å². The first-order chi connectivity index (χ1) is 6.66. The monoisotopic (exact) mass is 198 g/mol. The largest absolute Gasteiger partial charge is 0.480 e. The van der Waals surface area contributed by atoms with E-state index in [9.17, 15) is 9.59 Å². The lowest BCUT2D eigenvalue weighted by atomic mass is 9.79. The molecule has 0 aromatic heterocycles. The number of carboxylic acid groups (broad SMARTS) is 1. The SMILES string of the molecule is O=C(O)CN1NC(C2CCC2)CC1=O. The van der Waals surface area contributed by atoms with Crippen LogP contribution in [0.15, 0.2) is 0 Å². The van der Waals surface area contributed by atoms with Gasteiger partial charge in [0.2, 0.25) is 5.91 Å². The van der Waals surface area contributed by atoms with Crippen LogP contribution < -0.4 is 5.43 Å². The lowest BCUT2D eigenvalue weighted by Crippen LogP contribution is -2.44. The van der Waals surface area contributed by atoms with Crippen LogP contribution in [0.25, 0.3) is 0 Å². The molecule has 0 aromatic carbocycles. The van der Waals surface area contributed by atoms with E-state index in [0.29, 0.717) is 12.3 Å². The van der Waals surface area contributed by atoms with Gasteiger partial charge in [-0.1, -0.05) is 6.42 Å². The van der Waals surface area contributed by atoms with Gasteiger partial charge in [-0.2, -0.15) is 0 Å². The molecule has 1 heterocycles. The van der Waals surface area contributed by atoms with Gasteiger partial charge in [0.15, 0.2) is 0 Å². The molecule has 0 bridgehead atoms. The van der Waals surface area contributed by atoms with Gasteiger partial charge in [-0.05, 0) is 18.8 Å². The van der Waals surface area contributed by atoms with Crippen LogP contribution in [0, 0.1) is 5.92 Å². The smallest absolute Gasteiger partial charge is 0.324 e. The Bertz CT molecular complexity index is 263. The van der Waals surface area contributed by atoms with Crippen LogP contribution in [0.1, 0.15) is 25.7 Å². The van der Waals surface area contributed by atoms with Crippen LogP contribution in [0.5, 0.6) is 0 Å². The highest BCUT2D eigenvalue weighted by atomic mass is 16.4. The Kier molecular flexibility index (Phi) is 2.41. The van der Waals surface area contributed by atoms with Crippen molar-refractivity contribution in [1.29, 1.82) is 0 Å². The highest BCUT2D eigenvalue weighted by Gasteiger charge is 2.37. The van der Waals surface area contributed by atoms with E-state index in [0.717, 1.165) is 12.8 Å². The van der Waals surface area contributed by atoms with Crippen molar-refractivity contribution in [2.45, 2.75) is 31.7 Å². The molecule has 14 heavy (non-hydrogen) atoms. The Balaban J connectivity index is 1.89. The number of hydrazine groups is 1.